The first-order chi connectivity index (χ1) is 7.29. The smallest absolute Gasteiger partial charge is 0.193 e. The van der Waals surface area contributed by atoms with Crippen LogP contribution in [0.5, 0.6) is 0 Å². The monoisotopic (exact) mass is 262 g/mol. The highest BCUT2D eigenvalue weighted by Crippen LogP contribution is 2.26. The molecular weight excluding hydrogens is 252 g/mol. The van der Waals surface area contributed by atoms with Crippen LogP contribution in [0, 0.1) is 0 Å². The van der Waals surface area contributed by atoms with Crippen LogP contribution in [0.1, 0.15) is 23.2 Å². The molecule has 1 nitrogen and oxygen atoms in total. The van der Waals surface area contributed by atoms with Gasteiger partial charge in [0.05, 0.1) is 0 Å². The van der Waals surface area contributed by atoms with E-state index in [1.807, 2.05) is 42.5 Å². The standard InChI is InChI=1S/C13H11BrO/c14-12-9-5-4-8-11(12)13(15)10-6-2-1-3-7-10/h1-4,6-8H,5,9H2. The summed E-state index contributed by atoms with van der Waals surface area (Å²) in [6, 6.07) is 9.37. The molecule has 0 amide bonds. The third-order valence-electron chi connectivity index (χ3n) is 2.39. The quantitative estimate of drug-likeness (QED) is 0.740. The van der Waals surface area contributed by atoms with Crippen molar-refractivity contribution in [3.8, 4) is 0 Å². The Morgan fingerprint density at radius 1 is 1.20 bits per heavy atom. The largest absolute Gasteiger partial charge is 0.289 e. The highest BCUT2D eigenvalue weighted by Gasteiger charge is 2.14. The van der Waals surface area contributed by atoms with Crippen LogP contribution in [0.3, 0.4) is 0 Å². The fourth-order valence-corrected chi connectivity index (χ4v) is 2.12. The van der Waals surface area contributed by atoms with Gasteiger partial charge in [0.2, 0.25) is 0 Å². The third-order valence-corrected chi connectivity index (χ3v) is 3.21. The lowest BCUT2D eigenvalue weighted by atomic mass is 9.98. The zero-order valence-corrected chi connectivity index (χ0v) is 9.83. The van der Waals surface area contributed by atoms with E-state index in [-0.39, 0.29) is 5.78 Å². The Kier molecular flexibility index (Phi) is 3.17. The Balaban J connectivity index is 2.33. The van der Waals surface area contributed by atoms with E-state index < -0.39 is 0 Å². The van der Waals surface area contributed by atoms with Crippen molar-refractivity contribution in [3.05, 3.63) is 58.1 Å². The summed E-state index contributed by atoms with van der Waals surface area (Å²) in [5.74, 6) is 0.0958. The van der Waals surface area contributed by atoms with Crippen LogP contribution >= 0.6 is 15.9 Å². The van der Waals surface area contributed by atoms with Crippen molar-refractivity contribution >= 4 is 21.7 Å². The highest BCUT2D eigenvalue weighted by atomic mass is 79.9. The van der Waals surface area contributed by atoms with Gasteiger partial charge in [-0.1, -0.05) is 58.4 Å². The van der Waals surface area contributed by atoms with Gasteiger partial charge < -0.3 is 0 Å². The third kappa shape index (κ3) is 2.26. The lowest BCUT2D eigenvalue weighted by Crippen LogP contribution is -2.04. The topological polar surface area (TPSA) is 17.1 Å². The van der Waals surface area contributed by atoms with Crippen LogP contribution in [0.25, 0.3) is 0 Å². The van der Waals surface area contributed by atoms with Gasteiger partial charge in [0.1, 0.15) is 0 Å². The molecule has 2 rings (SSSR count). The number of carbonyl (C=O) groups excluding carboxylic acids is 1. The van der Waals surface area contributed by atoms with E-state index in [0.717, 1.165) is 28.5 Å². The number of ketones is 1. The highest BCUT2D eigenvalue weighted by molar-refractivity contribution is 9.11. The van der Waals surface area contributed by atoms with Crippen LogP contribution in [0.15, 0.2) is 52.5 Å². The van der Waals surface area contributed by atoms with Gasteiger partial charge in [0.15, 0.2) is 5.78 Å². The number of hydrogen-bond acceptors (Lipinski definition) is 1. The van der Waals surface area contributed by atoms with Gasteiger partial charge in [-0.25, -0.2) is 0 Å². The lowest BCUT2D eigenvalue weighted by Gasteiger charge is -2.09. The molecular formula is C13H11BrO. The SMILES string of the molecule is O=C(C1=C(Br)CCC=C1)c1ccccc1. The maximum atomic E-state index is 12.1. The van der Waals surface area contributed by atoms with Gasteiger partial charge in [-0.2, -0.15) is 0 Å². The molecule has 0 fully saturated rings. The second-order valence-electron chi connectivity index (χ2n) is 3.45. The number of benzene rings is 1. The Morgan fingerprint density at radius 2 is 1.93 bits per heavy atom. The molecule has 1 aliphatic rings. The first kappa shape index (κ1) is 10.4. The van der Waals surface area contributed by atoms with E-state index >= 15 is 0 Å². The van der Waals surface area contributed by atoms with Gasteiger partial charge >= 0.3 is 0 Å². The number of carbonyl (C=O) groups is 1. The summed E-state index contributed by atoms with van der Waals surface area (Å²) in [7, 11) is 0. The molecule has 1 aromatic carbocycles. The molecule has 0 saturated carbocycles. The molecule has 1 aliphatic carbocycles. The Labute approximate surface area is 97.6 Å². The number of allylic oxidation sites excluding steroid dienone is 4. The Hall–Kier alpha value is -1.15. The van der Waals surface area contributed by atoms with Gasteiger partial charge in [-0.15, -0.1) is 0 Å². The van der Waals surface area contributed by atoms with Crippen LogP contribution < -0.4 is 0 Å². The summed E-state index contributed by atoms with van der Waals surface area (Å²) in [5, 5.41) is 0. The van der Waals surface area contributed by atoms with E-state index in [4.69, 9.17) is 0 Å². The van der Waals surface area contributed by atoms with Crippen molar-refractivity contribution in [2.45, 2.75) is 12.8 Å². The number of hydrogen-bond donors (Lipinski definition) is 0. The fraction of sp³-hybridized carbons (Fsp3) is 0.154. The molecule has 0 atom stereocenters. The second kappa shape index (κ2) is 4.58. The zero-order valence-electron chi connectivity index (χ0n) is 8.24. The number of halogens is 1. The van der Waals surface area contributed by atoms with E-state index in [9.17, 15) is 4.79 Å². The molecule has 0 N–H and O–H groups in total. The first-order valence-corrected chi connectivity index (χ1v) is 5.73. The predicted molar refractivity (Wildman–Crippen MR) is 65.1 cm³/mol. The van der Waals surface area contributed by atoms with Crippen molar-refractivity contribution in [2.24, 2.45) is 0 Å². The second-order valence-corrected chi connectivity index (χ2v) is 4.41. The molecule has 1 aromatic rings. The molecule has 15 heavy (non-hydrogen) atoms. The predicted octanol–water partition coefficient (Wildman–Crippen LogP) is 3.87. The van der Waals surface area contributed by atoms with Crippen molar-refractivity contribution in [2.75, 3.05) is 0 Å². The molecule has 76 valence electrons. The van der Waals surface area contributed by atoms with Crippen molar-refractivity contribution in [1.82, 2.24) is 0 Å². The van der Waals surface area contributed by atoms with Gasteiger partial charge in [0, 0.05) is 15.6 Å². The van der Waals surface area contributed by atoms with E-state index in [2.05, 4.69) is 15.9 Å². The summed E-state index contributed by atoms with van der Waals surface area (Å²) in [5.41, 5.74) is 1.53. The van der Waals surface area contributed by atoms with Crippen LogP contribution in [-0.4, -0.2) is 5.78 Å². The van der Waals surface area contributed by atoms with E-state index in [1.165, 1.54) is 0 Å². The molecule has 0 radical (unpaired) electrons. The normalized spacial score (nSPS) is 15.5. The summed E-state index contributed by atoms with van der Waals surface area (Å²) < 4.78 is 1.01. The van der Waals surface area contributed by atoms with Crippen molar-refractivity contribution in [1.29, 1.82) is 0 Å². The fourth-order valence-electron chi connectivity index (χ4n) is 1.58. The Bertz CT molecular complexity index is 429. The average Bonchev–Trinajstić information content (AvgIpc) is 2.30. The van der Waals surface area contributed by atoms with Gasteiger partial charge in [-0.3, -0.25) is 4.79 Å². The van der Waals surface area contributed by atoms with Crippen LogP contribution in [0.2, 0.25) is 0 Å². The summed E-state index contributed by atoms with van der Waals surface area (Å²) >= 11 is 3.46. The van der Waals surface area contributed by atoms with E-state index in [0.29, 0.717) is 0 Å². The maximum Gasteiger partial charge on any atom is 0.193 e. The van der Waals surface area contributed by atoms with Crippen molar-refractivity contribution in [3.63, 3.8) is 0 Å². The minimum absolute atomic E-state index is 0.0958. The maximum absolute atomic E-state index is 12.1. The lowest BCUT2D eigenvalue weighted by molar-refractivity contribution is 0.103. The number of rotatable bonds is 2. The summed E-state index contributed by atoms with van der Waals surface area (Å²) in [6.07, 6.45) is 5.88. The first-order valence-electron chi connectivity index (χ1n) is 4.94. The summed E-state index contributed by atoms with van der Waals surface area (Å²) in [6.45, 7) is 0. The molecule has 0 bridgehead atoms. The average molecular weight is 263 g/mol. The van der Waals surface area contributed by atoms with Crippen LogP contribution in [-0.2, 0) is 0 Å². The minimum Gasteiger partial charge on any atom is -0.289 e. The number of Topliss-reactive ketones (excluding diaryl/α,β-unsaturated/α-hetero) is 1. The van der Waals surface area contributed by atoms with E-state index in [1.54, 1.807) is 0 Å². The van der Waals surface area contributed by atoms with Crippen molar-refractivity contribution < 1.29 is 4.79 Å². The molecule has 0 aliphatic heterocycles. The van der Waals surface area contributed by atoms with Crippen LogP contribution in [0.4, 0.5) is 0 Å². The molecule has 0 spiro atoms. The molecule has 0 heterocycles. The summed E-state index contributed by atoms with van der Waals surface area (Å²) in [4.78, 5) is 12.1. The minimum atomic E-state index is 0.0958. The molecule has 0 aromatic heterocycles. The molecule has 2 heteroatoms. The Morgan fingerprint density at radius 3 is 2.60 bits per heavy atom. The molecule has 0 saturated heterocycles. The molecule has 0 unspecified atom stereocenters. The zero-order chi connectivity index (χ0) is 10.7. The van der Waals surface area contributed by atoms with Gasteiger partial charge in [0.25, 0.3) is 0 Å². The van der Waals surface area contributed by atoms with Gasteiger partial charge in [-0.05, 0) is 12.8 Å².